The van der Waals surface area contributed by atoms with Crippen LogP contribution < -0.4 is 10.1 Å². The van der Waals surface area contributed by atoms with Gasteiger partial charge in [-0.3, -0.25) is 9.59 Å². The molecule has 0 heterocycles. The molecule has 1 amide bonds. The fourth-order valence-corrected chi connectivity index (χ4v) is 1.88. The molecular formula is C16H23NO4. The molecule has 2 N–H and O–H groups in total. The molecule has 0 bridgehead atoms. The van der Waals surface area contributed by atoms with Crippen LogP contribution in [-0.4, -0.2) is 29.1 Å². The summed E-state index contributed by atoms with van der Waals surface area (Å²) in [7, 11) is 0. The molecule has 0 aromatic heterocycles. The molecule has 21 heavy (non-hydrogen) atoms. The molecule has 5 heteroatoms. The first-order valence-corrected chi connectivity index (χ1v) is 7.09. The number of hydrogen-bond donors (Lipinski definition) is 2. The standard InChI is InChI=1S/C16H23NO4/c1-10(2)14(9-15(18)19)17-16(20)12-6-5-7-13(8-12)21-11(3)4/h5-8,10-11,14H,9H2,1-4H3,(H,17,20)(H,18,19). The zero-order chi connectivity index (χ0) is 16.0. The minimum absolute atomic E-state index is 0.0266. The molecule has 1 aromatic rings. The van der Waals surface area contributed by atoms with Crippen molar-refractivity contribution in [1.29, 1.82) is 0 Å². The Bertz CT molecular complexity index is 497. The van der Waals surface area contributed by atoms with Gasteiger partial charge in [0.25, 0.3) is 5.91 Å². The molecular weight excluding hydrogens is 270 g/mol. The average Bonchev–Trinajstić information content (AvgIpc) is 2.36. The smallest absolute Gasteiger partial charge is 0.305 e. The van der Waals surface area contributed by atoms with E-state index < -0.39 is 12.0 Å². The van der Waals surface area contributed by atoms with E-state index in [2.05, 4.69) is 5.32 Å². The van der Waals surface area contributed by atoms with Crippen LogP contribution in [0.1, 0.15) is 44.5 Å². The van der Waals surface area contributed by atoms with Gasteiger partial charge in [0.1, 0.15) is 5.75 Å². The molecule has 0 spiro atoms. The molecule has 1 unspecified atom stereocenters. The molecule has 116 valence electrons. The summed E-state index contributed by atoms with van der Waals surface area (Å²) in [4.78, 5) is 23.1. The second-order valence-electron chi connectivity index (χ2n) is 5.62. The highest BCUT2D eigenvalue weighted by atomic mass is 16.5. The maximum Gasteiger partial charge on any atom is 0.305 e. The topological polar surface area (TPSA) is 75.6 Å². The van der Waals surface area contributed by atoms with E-state index in [1.165, 1.54) is 0 Å². The van der Waals surface area contributed by atoms with Crippen LogP contribution in [0.4, 0.5) is 0 Å². The van der Waals surface area contributed by atoms with E-state index in [9.17, 15) is 9.59 Å². The van der Waals surface area contributed by atoms with E-state index in [-0.39, 0.29) is 24.3 Å². The summed E-state index contributed by atoms with van der Waals surface area (Å²) in [5, 5.41) is 11.7. The van der Waals surface area contributed by atoms with Crippen molar-refractivity contribution in [2.24, 2.45) is 5.92 Å². The van der Waals surface area contributed by atoms with Crippen molar-refractivity contribution in [3.8, 4) is 5.75 Å². The average molecular weight is 293 g/mol. The van der Waals surface area contributed by atoms with Crippen LogP contribution in [-0.2, 0) is 4.79 Å². The van der Waals surface area contributed by atoms with Crippen molar-refractivity contribution >= 4 is 11.9 Å². The summed E-state index contributed by atoms with van der Waals surface area (Å²) >= 11 is 0. The highest BCUT2D eigenvalue weighted by Gasteiger charge is 2.20. The number of hydrogen-bond acceptors (Lipinski definition) is 3. The maximum absolute atomic E-state index is 12.2. The van der Waals surface area contributed by atoms with Crippen LogP contribution in [0.3, 0.4) is 0 Å². The fraction of sp³-hybridized carbons (Fsp3) is 0.500. The van der Waals surface area contributed by atoms with E-state index in [0.29, 0.717) is 11.3 Å². The van der Waals surface area contributed by atoms with E-state index >= 15 is 0 Å². The van der Waals surface area contributed by atoms with Gasteiger partial charge in [-0.25, -0.2) is 0 Å². The third-order valence-corrected chi connectivity index (χ3v) is 2.98. The molecule has 1 atom stereocenters. The highest BCUT2D eigenvalue weighted by Crippen LogP contribution is 2.16. The van der Waals surface area contributed by atoms with Gasteiger partial charge >= 0.3 is 5.97 Å². The lowest BCUT2D eigenvalue weighted by Gasteiger charge is -2.20. The largest absolute Gasteiger partial charge is 0.491 e. The van der Waals surface area contributed by atoms with Crippen molar-refractivity contribution in [2.75, 3.05) is 0 Å². The summed E-state index contributed by atoms with van der Waals surface area (Å²) in [6.07, 6.45) is -0.0651. The molecule has 0 fully saturated rings. The van der Waals surface area contributed by atoms with Crippen molar-refractivity contribution < 1.29 is 19.4 Å². The van der Waals surface area contributed by atoms with Gasteiger partial charge in [0.15, 0.2) is 0 Å². The molecule has 0 radical (unpaired) electrons. The maximum atomic E-state index is 12.2. The summed E-state index contributed by atoms with van der Waals surface area (Å²) in [5.41, 5.74) is 0.462. The Morgan fingerprint density at radius 1 is 1.24 bits per heavy atom. The number of rotatable bonds is 7. The van der Waals surface area contributed by atoms with E-state index in [0.717, 1.165) is 0 Å². The van der Waals surface area contributed by atoms with Gasteiger partial charge in [-0.2, -0.15) is 0 Å². The Morgan fingerprint density at radius 2 is 1.90 bits per heavy atom. The second-order valence-corrected chi connectivity index (χ2v) is 5.62. The molecule has 5 nitrogen and oxygen atoms in total. The lowest BCUT2D eigenvalue weighted by atomic mass is 10.0. The predicted molar refractivity (Wildman–Crippen MR) is 80.6 cm³/mol. The van der Waals surface area contributed by atoms with Crippen LogP contribution in [0.5, 0.6) is 5.75 Å². The number of carbonyl (C=O) groups excluding carboxylic acids is 1. The number of aliphatic carboxylic acids is 1. The number of amides is 1. The zero-order valence-electron chi connectivity index (χ0n) is 12.9. The Labute approximate surface area is 125 Å². The summed E-state index contributed by atoms with van der Waals surface area (Å²) in [6, 6.07) is 6.47. The number of nitrogens with one attached hydrogen (secondary N) is 1. The van der Waals surface area contributed by atoms with Crippen molar-refractivity contribution in [2.45, 2.75) is 46.3 Å². The van der Waals surface area contributed by atoms with Gasteiger partial charge in [-0.15, -0.1) is 0 Å². The molecule has 1 aromatic carbocycles. The van der Waals surface area contributed by atoms with Gasteiger partial charge in [0, 0.05) is 11.6 Å². The van der Waals surface area contributed by atoms with E-state index in [1.807, 2.05) is 27.7 Å². The fourth-order valence-electron chi connectivity index (χ4n) is 1.88. The molecule has 0 aliphatic heterocycles. The van der Waals surface area contributed by atoms with E-state index in [1.54, 1.807) is 24.3 Å². The minimum atomic E-state index is -0.925. The third kappa shape index (κ3) is 5.85. The Kier molecular flexibility index (Phi) is 6.21. The minimum Gasteiger partial charge on any atom is -0.491 e. The summed E-state index contributed by atoms with van der Waals surface area (Å²) < 4.78 is 5.55. The molecule has 0 aliphatic carbocycles. The number of carbonyl (C=O) groups is 2. The van der Waals surface area contributed by atoms with Gasteiger partial charge in [0.2, 0.25) is 0 Å². The SMILES string of the molecule is CC(C)Oc1cccc(C(=O)NC(CC(=O)O)C(C)C)c1. The number of carboxylic acids is 1. The predicted octanol–water partition coefficient (Wildman–Crippen LogP) is 2.70. The third-order valence-electron chi connectivity index (χ3n) is 2.98. The Morgan fingerprint density at radius 3 is 2.43 bits per heavy atom. The zero-order valence-corrected chi connectivity index (χ0v) is 12.9. The molecule has 0 aliphatic rings. The number of carboxylic acid groups (broad SMARTS) is 1. The Balaban J connectivity index is 2.80. The Hall–Kier alpha value is -2.04. The van der Waals surface area contributed by atoms with E-state index in [4.69, 9.17) is 9.84 Å². The van der Waals surface area contributed by atoms with Crippen molar-refractivity contribution in [1.82, 2.24) is 5.32 Å². The molecule has 0 saturated carbocycles. The van der Waals surface area contributed by atoms with Crippen LogP contribution >= 0.6 is 0 Å². The normalized spacial score (nSPS) is 12.3. The monoisotopic (exact) mass is 293 g/mol. The lowest BCUT2D eigenvalue weighted by Crippen LogP contribution is -2.40. The first-order valence-electron chi connectivity index (χ1n) is 7.09. The molecule has 1 rings (SSSR count). The molecule has 0 saturated heterocycles. The summed E-state index contributed by atoms with van der Waals surface area (Å²) in [6.45, 7) is 7.58. The summed E-state index contributed by atoms with van der Waals surface area (Å²) in [5.74, 6) is -0.549. The van der Waals surface area contributed by atoms with Gasteiger partial charge < -0.3 is 15.2 Å². The van der Waals surface area contributed by atoms with Gasteiger partial charge in [0.05, 0.1) is 12.5 Å². The van der Waals surface area contributed by atoms with Gasteiger partial charge in [-0.05, 0) is 38.0 Å². The first kappa shape index (κ1) is 17.0. The van der Waals surface area contributed by atoms with Crippen LogP contribution in [0.15, 0.2) is 24.3 Å². The number of ether oxygens (including phenoxy) is 1. The second kappa shape index (κ2) is 7.67. The van der Waals surface area contributed by atoms with Gasteiger partial charge in [-0.1, -0.05) is 19.9 Å². The number of benzene rings is 1. The highest BCUT2D eigenvalue weighted by molar-refractivity contribution is 5.95. The quantitative estimate of drug-likeness (QED) is 0.810. The van der Waals surface area contributed by atoms with Crippen LogP contribution in [0, 0.1) is 5.92 Å². The van der Waals surface area contributed by atoms with Crippen LogP contribution in [0.2, 0.25) is 0 Å². The van der Waals surface area contributed by atoms with Crippen LogP contribution in [0.25, 0.3) is 0 Å². The first-order chi connectivity index (χ1) is 9.79. The van der Waals surface area contributed by atoms with Crippen molar-refractivity contribution in [3.05, 3.63) is 29.8 Å². The van der Waals surface area contributed by atoms with Crippen molar-refractivity contribution in [3.63, 3.8) is 0 Å². The lowest BCUT2D eigenvalue weighted by molar-refractivity contribution is -0.137.